The summed E-state index contributed by atoms with van der Waals surface area (Å²) < 4.78 is 2.09. The highest BCUT2D eigenvalue weighted by Crippen LogP contribution is 2.37. The number of carbonyl (C=O) groups is 1. The Morgan fingerprint density at radius 2 is 2.00 bits per heavy atom. The fourth-order valence-electron chi connectivity index (χ4n) is 1.37. The van der Waals surface area contributed by atoms with Crippen LogP contribution in [-0.2, 0) is 4.79 Å². The molecule has 1 heterocycles. The van der Waals surface area contributed by atoms with Crippen molar-refractivity contribution < 1.29 is 4.79 Å². The predicted molar refractivity (Wildman–Crippen MR) is 76.3 cm³/mol. The van der Waals surface area contributed by atoms with E-state index >= 15 is 0 Å². The monoisotopic (exact) mass is 327 g/mol. The van der Waals surface area contributed by atoms with Crippen molar-refractivity contribution in [3.05, 3.63) is 51.8 Å². The van der Waals surface area contributed by atoms with Crippen LogP contribution in [0.25, 0.3) is 0 Å². The van der Waals surface area contributed by atoms with Crippen LogP contribution < -0.4 is 5.73 Å². The maximum absolute atomic E-state index is 11.5. The van der Waals surface area contributed by atoms with E-state index < -0.39 is 0 Å². The van der Waals surface area contributed by atoms with Crippen molar-refractivity contribution in [1.82, 2.24) is 0 Å². The zero-order valence-corrected chi connectivity index (χ0v) is 12.0. The van der Waals surface area contributed by atoms with E-state index in [4.69, 9.17) is 5.73 Å². The number of primary amides is 1. The van der Waals surface area contributed by atoms with E-state index in [0.717, 1.165) is 14.2 Å². The van der Waals surface area contributed by atoms with Crippen molar-refractivity contribution in [2.45, 2.75) is 9.46 Å². The molecule has 0 aliphatic carbocycles. The van der Waals surface area contributed by atoms with Gasteiger partial charge >= 0.3 is 0 Å². The highest BCUT2D eigenvalue weighted by Gasteiger charge is 2.19. The Hall–Kier alpha value is -0.780. The minimum atomic E-state index is -0.332. The first-order chi connectivity index (χ1) is 8.16. The Morgan fingerprint density at radius 3 is 2.53 bits per heavy atom. The van der Waals surface area contributed by atoms with Gasteiger partial charge in [0.1, 0.15) is 5.25 Å². The third-order valence-electron chi connectivity index (χ3n) is 2.16. The molecule has 0 saturated heterocycles. The Kier molecular flexibility index (Phi) is 4.25. The zero-order valence-electron chi connectivity index (χ0n) is 8.80. The van der Waals surface area contributed by atoms with Crippen LogP contribution in [0, 0.1) is 0 Å². The number of nitrogens with two attached hydrogens (primary N) is 1. The average Bonchev–Trinajstić information content (AvgIpc) is 2.80. The molecule has 1 aromatic heterocycles. The highest BCUT2D eigenvalue weighted by molar-refractivity contribution is 9.10. The topological polar surface area (TPSA) is 43.1 Å². The molecule has 5 heteroatoms. The molecule has 17 heavy (non-hydrogen) atoms. The van der Waals surface area contributed by atoms with Gasteiger partial charge < -0.3 is 5.73 Å². The number of benzene rings is 1. The fourth-order valence-corrected chi connectivity index (χ4v) is 3.56. The molecule has 0 fully saturated rings. The van der Waals surface area contributed by atoms with Crippen LogP contribution in [0.1, 0.15) is 10.8 Å². The van der Waals surface area contributed by atoms with Gasteiger partial charge in [-0.15, -0.1) is 11.3 Å². The van der Waals surface area contributed by atoms with Crippen LogP contribution in [0.5, 0.6) is 0 Å². The van der Waals surface area contributed by atoms with E-state index in [1.54, 1.807) is 11.3 Å². The van der Waals surface area contributed by atoms with Crippen LogP contribution in [0.15, 0.2) is 50.5 Å². The van der Waals surface area contributed by atoms with Gasteiger partial charge in [0.15, 0.2) is 0 Å². The molecule has 88 valence electrons. The quantitative estimate of drug-likeness (QED) is 0.867. The van der Waals surface area contributed by atoms with Crippen molar-refractivity contribution in [1.29, 1.82) is 0 Å². The van der Waals surface area contributed by atoms with Gasteiger partial charge in [-0.05, 0) is 29.1 Å². The number of halogens is 1. The average molecular weight is 328 g/mol. The van der Waals surface area contributed by atoms with Crippen LogP contribution >= 0.6 is 39.0 Å². The Bertz CT molecular complexity index is 496. The van der Waals surface area contributed by atoms with Crippen LogP contribution in [0.4, 0.5) is 0 Å². The summed E-state index contributed by atoms with van der Waals surface area (Å²) in [6, 6.07) is 11.6. The van der Waals surface area contributed by atoms with Gasteiger partial charge in [-0.25, -0.2) is 0 Å². The molecule has 0 saturated carbocycles. The lowest BCUT2D eigenvalue weighted by molar-refractivity contribution is -0.117. The summed E-state index contributed by atoms with van der Waals surface area (Å²) in [6.45, 7) is 0. The summed E-state index contributed by atoms with van der Waals surface area (Å²) in [4.78, 5) is 11.5. The molecule has 1 aromatic carbocycles. The molecule has 1 atom stereocenters. The summed E-state index contributed by atoms with van der Waals surface area (Å²) in [6.07, 6.45) is 0. The van der Waals surface area contributed by atoms with E-state index in [2.05, 4.69) is 15.9 Å². The largest absolute Gasteiger partial charge is 0.368 e. The summed E-state index contributed by atoms with van der Waals surface area (Å²) in [5.74, 6) is -0.314. The lowest BCUT2D eigenvalue weighted by atomic mass is 10.1. The minimum Gasteiger partial charge on any atom is -0.368 e. The number of carbonyl (C=O) groups excluding carboxylic acids is 1. The van der Waals surface area contributed by atoms with Crippen molar-refractivity contribution in [2.75, 3.05) is 0 Å². The van der Waals surface area contributed by atoms with E-state index in [0.29, 0.717) is 0 Å². The minimum absolute atomic E-state index is 0.314. The number of hydrogen-bond donors (Lipinski definition) is 1. The smallest absolute Gasteiger partial charge is 0.235 e. The molecule has 2 aromatic rings. The molecule has 0 radical (unpaired) electrons. The molecule has 0 aliphatic rings. The van der Waals surface area contributed by atoms with Gasteiger partial charge in [-0.2, -0.15) is 0 Å². The summed E-state index contributed by atoms with van der Waals surface area (Å²) in [5.41, 5.74) is 6.39. The number of thiophene rings is 1. The normalized spacial score (nSPS) is 12.3. The van der Waals surface area contributed by atoms with E-state index in [-0.39, 0.29) is 11.2 Å². The SMILES string of the molecule is NC(=O)C(Sc1cccs1)c1ccc(Br)cc1. The van der Waals surface area contributed by atoms with Gasteiger partial charge in [-0.1, -0.05) is 45.9 Å². The van der Waals surface area contributed by atoms with E-state index in [1.165, 1.54) is 11.8 Å². The maximum atomic E-state index is 11.5. The first-order valence-corrected chi connectivity index (χ1v) is 7.47. The Labute approximate surface area is 116 Å². The number of amides is 1. The molecule has 0 spiro atoms. The molecule has 2 nitrogen and oxygen atoms in total. The molecule has 0 bridgehead atoms. The molecule has 2 rings (SSSR count). The summed E-state index contributed by atoms with van der Waals surface area (Å²) in [5, 5.41) is 1.66. The van der Waals surface area contributed by atoms with E-state index in [1.807, 2.05) is 41.8 Å². The number of hydrogen-bond acceptors (Lipinski definition) is 3. The van der Waals surface area contributed by atoms with E-state index in [9.17, 15) is 4.79 Å². The van der Waals surface area contributed by atoms with Crippen LogP contribution in [0.2, 0.25) is 0 Å². The molecule has 2 N–H and O–H groups in total. The first kappa shape index (κ1) is 12.7. The second-order valence-electron chi connectivity index (χ2n) is 3.38. The Morgan fingerprint density at radius 1 is 1.29 bits per heavy atom. The lowest BCUT2D eigenvalue weighted by Gasteiger charge is -2.12. The van der Waals surface area contributed by atoms with Crippen molar-refractivity contribution in [2.24, 2.45) is 5.73 Å². The molecular weight excluding hydrogens is 318 g/mol. The summed E-state index contributed by atoms with van der Waals surface area (Å²) >= 11 is 6.47. The molecule has 1 unspecified atom stereocenters. The van der Waals surface area contributed by atoms with Gasteiger partial charge in [0.25, 0.3) is 0 Å². The third kappa shape index (κ3) is 3.34. The van der Waals surface area contributed by atoms with Gasteiger partial charge in [-0.3, -0.25) is 4.79 Å². The first-order valence-electron chi connectivity index (χ1n) is 4.92. The lowest BCUT2D eigenvalue weighted by Crippen LogP contribution is -2.18. The van der Waals surface area contributed by atoms with Crippen LogP contribution in [-0.4, -0.2) is 5.91 Å². The van der Waals surface area contributed by atoms with Gasteiger partial charge in [0, 0.05) is 4.47 Å². The highest BCUT2D eigenvalue weighted by atomic mass is 79.9. The molecule has 1 amide bonds. The molecular formula is C12H10BrNOS2. The second kappa shape index (κ2) is 5.71. The fraction of sp³-hybridized carbons (Fsp3) is 0.0833. The van der Waals surface area contributed by atoms with Gasteiger partial charge in [0.05, 0.1) is 4.21 Å². The number of thioether (sulfide) groups is 1. The Balaban J connectivity index is 2.23. The van der Waals surface area contributed by atoms with Crippen molar-refractivity contribution in [3.63, 3.8) is 0 Å². The third-order valence-corrected chi connectivity index (χ3v) is 5.04. The predicted octanol–water partition coefficient (Wildman–Crippen LogP) is 3.83. The maximum Gasteiger partial charge on any atom is 0.235 e. The standard InChI is InChI=1S/C12H10BrNOS2/c13-9-5-3-8(4-6-9)11(12(14)15)17-10-2-1-7-16-10/h1-7,11H,(H2,14,15). The van der Waals surface area contributed by atoms with Crippen molar-refractivity contribution >= 4 is 44.9 Å². The van der Waals surface area contributed by atoms with Crippen molar-refractivity contribution in [3.8, 4) is 0 Å². The second-order valence-corrected chi connectivity index (χ2v) is 6.65. The molecule has 0 aliphatic heterocycles. The summed E-state index contributed by atoms with van der Waals surface area (Å²) in [7, 11) is 0. The van der Waals surface area contributed by atoms with Gasteiger partial charge in [0.2, 0.25) is 5.91 Å². The zero-order chi connectivity index (χ0) is 12.3. The number of rotatable bonds is 4. The van der Waals surface area contributed by atoms with Crippen LogP contribution in [0.3, 0.4) is 0 Å².